The molecule has 0 aliphatic carbocycles. The summed E-state index contributed by atoms with van der Waals surface area (Å²) in [6.45, 7) is 9.74. The van der Waals surface area contributed by atoms with Gasteiger partial charge >= 0.3 is 5.97 Å². The maximum absolute atomic E-state index is 12.5. The molecule has 0 heterocycles. The first-order valence-corrected chi connectivity index (χ1v) is 9.03. The average Bonchev–Trinajstić information content (AvgIpc) is 2.62. The van der Waals surface area contributed by atoms with Crippen molar-refractivity contribution in [2.45, 2.75) is 53.1 Å². The number of esters is 1. The van der Waals surface area contributed by atoms with Crippen molar-refractivity contribution < 1.29 is 14.3 Å². The van der Waals surface area contributed by atoms with Gasteiger partial charge in [0.1, 0.15) is 0 Å². The Bertz CT molecular complexity index is 778. The third kappa shape index (κ3) is 4.72. The standard InChI is InChI=1S/C22H27NO3/c1-6-17-10-12-18(13-11-17)22(25)26-16(5)21(24)23-20-15(4)8-7-9-19(20)14(2)3/h7-14,16H,6H2,1-5H3,(H,23,24)/t16-/m1/s1. The molecule has 0 bridgehead atoms. The Labute approximate surface area is 155 Å². The van der Waals surface area contributed by atoms with Crippen LogP contribution in [-0.2, 0) is 16.0 Å². The first-order valence-electron chi connectivity index (χ1n) is 9.03. The summed E-state index contributed by atoms with van der Waals surface area (Å²) in [7, 11) is 0. The fourth-order valence-electron chi connectivity index (χ4n) is 2.73. The summed E-state index contributed by atoms with van der Waals surface area (Å²) in [6.07, 6.45) is 0.0240. The van der Waals surface area contributed by atoms with Crippen LogP contribution in [0, 0.1) is 6.92 Å². The number of benzene rings is 2. The van der Waals surface area contributed by atoms with Gasteiger partial charge in [-0.25, -0.2) is 4.79 Å². The molecule has 2 rings (SSSR count). The lowest BCUT2D eigenvalue weighted by Crippen LogP contribution is -2.30. The molecule has 1 atom stereocenters. The molecule has 0 aromatic heterocycles. The second kappa shape index (κ2) is 8.65. The Morgan fingerprint density at radius 3 is 2.27 bits per heavy atom. The molecule has 0 aliphatic rings. The number of rotatable bonds is 6. The lowest BCUT2D eigenvalue weighted by molar-refractivity contribution is -0.123. The van der Waals surface area contributed by atoms with Gasteiger partial charge in [-0.3, -0.25) is 4.79 Å². The number of carbonyl (C=O) groups excluding carboxylic acids is 2. The Hall–Kier alpha value is -2.62. The van der Waals surface area contributed by atoms with Crippen molar-refractivity contribution >= 4 is 17.6 Å². The molecular weight excluding hydrogens is 326 g/mol. The van der Waals surface area contributed by atoms with Gasteiger partial charge in [-0.2, -0.15) is 0 Å². The number of hydrogen-bond donors (Lipinski definition) is 1. The fraction of sp³-hybridized carbons (Fsp3) is 0.364. The summed E-state index contributed by atoms with van der Waals surface area (Å²) in [4.78, 5) is 24.8. The highest BCUT2D eigenvalue weighted by Gasteiger charge is 2.21. The highest BCUT2D eigenvalue weighted by atomic mass is 16.5. The summed E-state index contributed by atoms with van der Waals surface area (Å²) >= 11 is 0. The van der Waals surface area contributed by atoms with Crippen LogP contribution in [0.3, 0.4) is 0 Å². The molecule has 0 unspecified atom stereocenters. The molecule has 0 radical (unpaired) electrons. The molecule has 0 saturated heterocycles. The number of aryl methyl sites for hydroxylation is 2. The van der Waals surface area contributed by atoms with Crippen molar-refractivity contribution in [3.63, 3.8) is 0 Å². The third-order valence-corrected chi connectivity index (χ3v) is 4.43. The van der Waals surface area contributed by atoms with Gasteiger partial charge < -0.3 is 10.1 Å². The monoisotopic (exact) mass is 353 g/mol. The number of ether oxygens (including phenoxy) is 1. The number of anilines is 1. The van der Waals surface area contributed by atoms with E-state index in [2.05, 4.69) is 26.1 Å². The predicted octanol–water partition coefficient (Wildman–Crippen LogP) is 4.86. The van der Waals surface area contributed by atoms with E-state index in [1.165, 1.54) is 0 Å². The van der Waals surface area contributed by atoms with Crippen LogP contribution in [0.2, 0.25) is 0 Å². The quantitative estimate of drug-likeness (QED) is 0.754. The molecule has 2 aromatic carbocycles. The number of amides is 1. The van der Waals surface area contributed by atoms with Gasteiger partial charge in [0, 0.05) is 5.69 Å². The predicted molar refractivity (Wildman–Crippen MR) is 105 cm³/mol. The second-order valence-electron chi connectivity index (χ2n) is 6.78. The van der Waals surface area contributed by atoms with E-state index in [1.54, 1.807) is 19.1 Å². The number of hydrogen-bond acceptors (Lipinski definition) is 3. The maximum Gasteiger partial charge on any atom is 0.338 e. The summed E-state index contributed by atoms with van der Waals surface area (Å²) < 4.78 is 5.33. The van der Waals surface area contributed by atoms with Crippen LogP contribution in [0.25, 0.3) is 0 Å². The zero-order valence-corrected chi connectivity index (χ0v) is 16.1. The fourth-order valence-corrected chi connectivity index (χ4v) is 2.73. The van der Waals surface area contributed by atoms with E-state index >= 15 is 0 Å². The molecule has 0 fully saturated rings. The maximum atomic E-state index is 12.5. The van der Waals surface area contributed by atoms with Gasteiger partial charge in [0.15, 0.2) is 6.10 Å². The lowest BCUT2D eigenvalue weighted by atomic mass is 9.98. The SMILES string of the molecule is CCc1ccc(C(=O)O[C@H](C)C(=O)Nc2c(C)cccc2C(C)C)cc1. The Kier molecular flexibility index (Phi) is 6.56. The third-order valence-electron chi connectivity index (χ3n) is 4.43. The van der Waals surface area contributed by atoms with Crippen LogP contribution in [-0.4, -0.2) is 18.0 Å². The van der Waals surface area contributed by atoms with Gasteiger partial charge in [0.05, 0.1) is 5.56 Å². The lowest BCUT2D eigenvalue weighted by Gasteiger charge is -2.19. The van der Waals surface area contributed by atoms with Gasteiger partial charge in [-0.1, -0.05) is 51.1 Å². The van der Waals surface area contributed by atoms with Gasteiger partial charge in [-0.05, 0) is 55.0 Å². The first-order chi connectivity index (χ1) is 12.3. The highest BCUT2D eigenvalue weighted by molar-refractivity contribution is 5.98. The zero-order chi connectivity index (χ0) is 19.3. The van der Waals surface area contributed by atoms with Crippen molar-refractivity contribution in [1.82, 2.24) is 0 Å². The number of nitrogens with one attached hydrogen (secondary N) is 1. The normalized spacial score (nSPS) is 11.9. The zero-order valence-electron chi connectivity index (χ0n) is 16.1. The van der Waals surface area contributed by atoms with Crippen LogP contribution in [0.15, 0.2) is 42.5 Å². The molecule has 0 saturated carbocycles. The van der Waals surface area contributed by atoms with Gasteiger partial charge in [-0.15, -0.1) is 0 Å². The van der Waals surface area contributed by atoms with E-state index in [0.717, 1.165) is 28.8 Å². The van der Waals surface area contributed by atoms with Crippen molar-refractivity contribution in [1.29, 1.82) is 0 Å². The van der Waals surface area contributed by atoms with Crippen LogP contribution in [0.4, 0.5) is 5.69 Å². The molecule has 4 heteroatoms. The minimum absolute atomic E-state index is 0.278. The van der Waals surface area contributed by atoms with E-state index in [0.29, 0.717) is 5.56 Å². The average molecular weight is 353 g/mol. The van der Waals surface area contributed by atoms with Crippen molar-refractivity contribution in [2.24, 2.45) is 0 Å². The van der Waals surface area contributed by atoms with Crippen molar-refractivity contribution in [3.05, 3.63) is 64.7 Å². The van der Waals surface area contributed by atoms with Crippen LogP contribution < -0.4 is 5.32 Å². The van der Waals surface area contributed by atoms with Crippen LogP contribution in [0.5, 0.6) is 0 Å². The topological polar surface area (TPSA) is 55.4 Å². The molecule has 0 aliphatic heterocycles. The van der Waals surface area contributed by atoms with Gasteiger partial charge in [0.25, 0.3) is 5.91 Å². The summed E-state index contributed by atoms with van der Waals surface area (Å²) in [5.74, 6) is -0.552. The Morgan fingerprint density at radius 2 is 1.69 bits per heavy atom. The largest absolute Gasteiger partial charge is 0.449 e. The van der Waals surface area contributed by atoms with E-state index < -0.39 is 12.1 Å². The molecule has 4 nitrogen and oxygen atoms in total. The smallest absolute Gasteiger partial charge is 0.338 e. The van der Waals surface area contributed by atoms with Crippen molar-refractivity contribution in [3.8, 4) is 0 Å². The van der Waals surface area contributed by atoms with Crippen molar-refractivity contribution in [2.75, 3.05) is 5.32 Å². The Balaban J connectivity index is 2.07. The van der Waals surface area contributed by atoms with E-state index in [9.17, 15) is 9.59 Å². The minimum Gasteiger partial charge on any atom is -0.449 e. The minimum atomic E-state index is -0.882. The van der Waals surface area contributed by atoms with Gasteiger partial charge in [0.2, 0.25) is 0 Å². The molecular formula is C22H27NO3. The van der Waals surface area contributed by atoms with E-state index in [4.69, 9.17) is 4.74 Å². The number of carbonyl (C=O) groups is 2. The van der Waals surface area contributed by atoms with Crippen LogP contribution in [0.1, 0.15) is 60.7 Å². The highest BCUT2D eigenvalue weighted by Crippen LogP contribution is 2.27. The van der Waals surface area contributed by atoms with Crippen LogP contribution >= 0.6 is 0 Å². The molecule has 2 aromatic rings. The molecule has 26 heavy (non-hydrogen) atoms. The van der Waals surface area contributed by atoms with E-state index in [1.807, 2.05) is 37.3 Å². The number of para-hydroxylation sites is 1. The van der Waals surface area contributed by atoms with E-state index in [-0.39, 0.29) is 11.8 Å². The first kappa shape index (κ1) is 19.7. The summed E-state index contributed by atoms with van der Waals surface area (Å²) in [5, 5.41) is 2.92. The second-order valence-corrected chi connectivity index (χ2v) is 6.78. The molecule has 1 amide bonds. The molecule has 1 N–H and O–H groups in total. The summed E-state index contributed by atoms with van der Waals surface area (Å²) in [5.41, 5.74) is 4.43. The molecule has 138 valence electrons. The Morgan fingerprint density at radius 1 is 1.04 bits per heavy atom. The molecule has 0 spiro atoms. The summed E-state index contributed by atoms with van der Waals surface area (Å²) in [6, 6.07) is 13.2.